The van der Waals surface area contributed by atoms with Gasteiger partial charge in [0.2, 0.25) is 0 Å². The summed E-state index contributed by atoms with van der Waals surface area (Å²) in [7, 11) is 0. The minimum absolute atomic E-state index is 0.206. The van der Waals surface area contributed by atoms with Crippen molar-refractivity contribution in [2.45, 2.75) is 33.7 Å². The molecule has 0 saturated heterocycles. The Bertz CT molecular complexity index is 548. The summed E-state index contributed by atoms with van der Waals surface area (Å²) in [5.74, 6) is 1.02. The molecule has 0 aliphatic heterocycles. The first kappa shape index (κ1) is 12.4. The van der Waals surface area contributed by atoms with Gasteiger partial charge in [0.1, 0.15) is 11.4 Å². The van der Waals surface area contributed by atoms with Gasteiger partial charge in [-0.05, 0) is 32.4 Å². The quantitative estimate of drug-likeness (QED) is 0.774. The molecule has 5 heteroatoms. The Morgan fingerprint density at radius 3 is 2.78 bits per heavy atom. The lowest BCUT2D eigenvalue weighted by atomic mass is 10.2. The minimum atomic E-state index is 0.206. The number of aromatic amines is 1. The molecule has 0 amide bonds. The molecule has 0 spiro atoms. The first-order chi connectivity index (χ1) is 8.61. The van der Waals surface area contributed by atoms with Gasteiger partial charge in [-0.15, -0.1) is 0 Å². The van der Waals surface area contributed by atoms with Crippen LogP contribution in [0.4, 0.5) is 5.82 Å². The molecule has 0 fully saturated rings. The summed E-state index contributed by atoms with van der Waals surface area (Å²) in [6.07, 6.45) is 0.925. The number of aromatic hydroxyl groups is 1. The molecule has 0 saturated carbocycles. The van der Waals surface area contributed by atoms with E-state index in [0.29, 0.717) is 12.2 Å². The number of H-pyrrole nitrogens is 1. The van der Waals surface area contributed by atoms with Crippen molar-refractivity contribution >= 4 is 5.82 Å². The Kier molecular flexibility index (Phi) is 3.50. The summed E-state index contributed by atoms with van der Waals surface area (Å²) in [5.41, 5.74) is 3.76. The van der Waals surface area contributed by atoms with Crippen LogP contribution in [0.25, 0.3) is 0 Å². The highest BCUT2D eigenvalue weighted by Crippen LogP contribution is 2.19. The number of hydrogen-bond acceptors (Lipinski definition) is 4. The molecule has 2 aromatic rings. The second kappa shape index (κ2) is 5.08. The van der Waals surface area contributed by atoms with E-state index in [1.165, 1.54) is 0 Å². The van der Waals surface area contributed by atoms with Gasteiger partial charge >= 0.3 is 0 Å². The van der Waals surface area contributed by atoms with E-state index in [1.807, 2.05) is 13.8 Å². The van der Waals surface area contributed by atoms with Crippen molar-refractivity contribution in [3.8, 4) is 5.75 Å². The molecule has 18 heavy (non-hydrogen) atoms. The zero-order valence-corrected chi connectivity index (χ0v) is 10.9. The van der Waals surface area contributed by atoms with Crippen LogP contribution < -0.4 is 5.32 Å². The molecule has 0 aliphatic rings. The summed E-state index contributed by atoms with van der Waals surface area (Å²) in [6, 6.07) is 3.45. The van der Waals surface area contributed by atoms with Crippen LogP contribution in [0.15, 0.2) is 12.1 Å². The normalized spacial score (nSPS) is 10.6. The highest BCUT2D eigenvalue weighted by atomic mass is 16.3. The highest BCUT2D eigenvalue weighted by Gasteiger charge is 2.08. The maximum absolute atomic E-state index is 9.70. The van der Waals surface area contributed by atoms with Crippen molar-refractivity contribution < 1.29 is 5.11 Å². The molecular formula is C13H18N4O. The van der Waals surface area contributed by atoms with Crippen molar-refractivity contribution in [2.24, 2.45) is 0 Å². The van der Waals surface area contributed by atoms with Gasteiger partial charge in [0.15, 0.2) is 5.82 Å². The largest absolute Gasteiger partial charge is 0.506 e. The monoisotopic (exact) mass is 246 g/mol. The van der Waals surface area contributed by atoms with E-state index < -0.39 is 0 Å². The summed E-state index contributed by atoms with van der Waals surface area (Å²) < 4.78 is 0. The summed E-state index contributed by atoms with van der Waals surface area (Å²) in [4.78, 5) is 4.29. The maximum Gasteiger partial charge on any atom is 0.151 e. The standard InChI is InChI=1S/C13H18N4O/c1-4-10-9(3)13(17-16-10)14-7-11-12(18)6-5-8(2)15-11/h5-6,18H,4,7H2,1-3H3,(H2,14,16,17). The molecule has 0 atom stereocenters. The van der Waals surface area contributed by atoms with E-state index in [2.05, 4.69) is 27.4 Å². The molecule has 2 rings (SSSR count). The molecule has 5 nitrogen and oxygen atoms in total. The number of aromatic nitrogens is 3. The van der Waals surface area contributed by atoms with E-state index in [1.54, 1.807) is 12.1 Å². The SMILES string of the molecule is CCc1[nH]nc(NCc2nc(C)ccc2O)c1C. The van der Waals surface area contributed by atoms with Crippen LogP contribution in [-0.4, -0.2) is 20.3 Å². The Morgan fingerprint density at radius 2 is 2.11 bits per heavy atom. The fraction of sp³-hybridized carbons (Fsp3) is 0.385. The Balaban J connectivity index is 2.11. The smallest absolute Gasteiger partial charge is 0.151 e. The predicted octanol–water partition coefficient (Wildman–Crippen LogP) is 2.30. The predicted molar refractivity (Wildman–Crippen MR) is 70.7 cm³/mol. The number of pyridine rings is 1. The zero-order chi connectivity index (χ0) is 13.1. The van der Waals surface area contributed by atoms with Crippen molar-refractivity contribution in [3.05, 3.63) is 34.8 Å². The van der Waals surface area contributed by atoms with Crippen LogP contribution in [-0.2, 0) is 13.0 Å². The van der Waals surface area contributed by atoms with E-state index in [4.69, 9.17) is 0 Å². The number of aryl methyl sites for hydroxylation is 2. The fourth-order valence-corrected chi connectivity index (χ4v) is 1.85. The van der Waals surface area contributed by atoms with Crippen LogP contribution in [0.1, 0.15) is 29.6 Å². The second-order valence-electron chi connectivity index (χ2n) is 4.30. The molecule has 96 valence electrons. The number of nitrogens with zero attached hydrogens (tertiary/aromatic N) is 2. The number of hydrogen-bond donors (Lipinski definition) is 3. The number of anilines is 1. The molecule has 3 N–H and O–H groups in total. The van der Waals surface area contributed by atoms with Crippen molar-refractivity contribution in [3.63, 3.8) is 0 Å². The lowest BCUT2D eigenvalue weighted by Gasteiger charge is -2.06. The highest BCUT2D eigenvalue weighted by molar-refractivity contribution is 5.46. The number of rotatable bonds is 4. The fourth-order valence-electron chi connectivity index (χ4n) is 1.85. The third kappa shape index (κ3) is 2.45. The third-order valence-corrected chi connectivity index (χ3v) is 2.98. The Labute approximate surface area is 106 Å². The molecule has 0 radical (unpaired) electrons. The molecular weight excluding hydrogens is 228 g/mol. The average Bonchev–Trinajstić information content (AvgIpc) is 2.71. The summed E-state index contributed by atoms with van der Waals surface area (Å²) >= 11 is 0. The summed E-state index contributed by atoms with van der Waals surface area (Å²) in [5, 5.41) is 20.1. The van der Waals surface area contributed by atoms with Crippen LogP contribution in [0.2, 0.25) is 0 Å². The van der Waals surface area contributed by atoms with Crippen LogP contribution in [0.5, 0.6) is 5.75 Å². The van der Waals surface area contributed by atoms with Gasteiger partial charge in [0.05, 0.1) is 6.54 Å². The first-order valence-electron chi connectivity index (χ1n) is 6.05. The van der Waals surface area contributed by atoms with E-state index >= 15 is 0 Å². The molecule has 0 aromatic carbocycles. The second-order valence-corrected chi connectivity index (χ2v) is 4.30. The lowest BCUT2D eigenvalue weighted by molar-refractivity contribution is 0.464. The van der Waals surface area contributed by atoms with Gasteiger partial charge in [-0.25, -0.2) is 0 Å². The van der Waals surface area contributed by atoms with Gasteiger partial charge < -0.3 is 10.4 Å². The van der Waals surface area contributed by atoms with E-state index in [-0.39, 0.29) is 5.75 Å². The summed E-state index contributed by atoms with van der Waals surface area (Å²) in [6.45, 7) is 6.46. The lowest BCUT2D eigenvalue weighted by Crippen LogP contribution is -2.04. The van der Waals surface area contributed by atoms with Crippen molar-refractivity contribution in [2.75, 3.05) is 5.32 Å². The van der Waals surface area contributed by atoms with Gasteiger partial charge in [-0.1, -0.05) is 6.92 Å². The van der Waals surface area contributed by atoms with E-state index in [0.717, 1.165) is 29.2 Å². The van der Waals surface area contributed by atoms with Crippen LogP contribution in [0.3, 0.4) is 0 Å². The van der Waals surface area contributed by atoms with Crippen molar-refractivity contribution in [1.29, 1.82) is 0 Å². The average molecular weight is 246 g/mol. The first-order valence-corrected chi connectivity index (χ1v) is 6.05. The molecule has 2 aromatic heterocycles. The van der Waals surface area contributed by atoms with Gasteiger partial charge in [-0.3, -0.25) is 10.1 Å². The van der Waals surface area contributed by atoms with Gasteiger partial charge in [-0.2, -0.15) is 5.10 Å². The molecule has 0 bridgehead atoms. The van der Waals surface area contributed by atoms with Crippen molar-refractivity contribution in [1.82, 2.24) is 15.2 Å². The topological polar surface area (TPSA) is 73.8 Å². The van der Waals surface area contributed by atoms with Crippen LogP contribution >= 0.6 is 0 Å². The molecule has 0 aliphatic carbocycles. The Morgan fingerprint density at radius 1 is 1.33 bits per heavy atom. The Hall–Kier alpha value is -2.04. The molecule has 2 heterocycles. The van der Waals surface area contributed by atoms with Gasteiger partial charge in [0, 0.05) is 17.0 Å². The maximum atomic E-state index is 9.70. The minimum Gasteiger partial charge on any atom is -0.506 e. The third-order valence-electron chi connectivity index (χ3n) is 2.98. The van der Waals surface area contributed by atoms with Crippen LogP contribution in [0, 0.1) is 13.8 Å². The number of nitrogens with one attached hydrogen (secondary N) is 2. The van der Waals surface area contributed by atoms with Gasteiger partial charge in [0.25, 0.3) is 0 Å². The zero-order valence-electron chi connectivity index (χ0n) is 10.9. The molecule has 0 unspecified atom stereocenters. The van der Waals surface area contributed by atoms with E-state index in [9.17, 15) is 5.11 Å².